The van der Waals surface area contributed by atoms with Crippen LogP contribution in [0.15, 0.2) is 198 Å². The van der Waals surface area contributed by atoms with Crippen molar-refractivity contribution in [1.82, 2.24) is 106 Å². The van der Waals surface area contributed by atoms with Crippen molar-refractivity contribution in [3.05, 3.63) is 249 Å². The van der Waals surface area contributed by atoms with Gasteiger partial charge in [-0.1, -0.05) is 201 Å². The zero-order valence-electron chi connectivity index (χ0n) is 64.4. The Morgan fingerprint density at radius 1 is 0.200 bits per heavy atom. The van der Waals surface area contributed by atoms with Crippen LogP contribution in [0.4, 0.5) is 0 Å². The third-order valence-corrected chi connectivity index (χ3v) is 7.79. The summed E-state index contributed by atoms with van der Waals surface area (Å²) in [7, 11) is 0. The fourth-order valence-electron chi connectivity index (χ4n) is 4.24. The van der Waals surface area contributed by atoms with E-state index >= 15 is 0 Å². The van der Waals surface area contributed by atoms with Gasteiger partial charge in [0, 0.05) is 67.7 Å². The monoisotopic (exact) mass is 1310 g/mol. The maximum absolute atomic E-state index is 3.92. The van der Waals surface area contributed by atoms with Crippen molar-refractivity contribution in [1.29, 1.82) is 0 Å². The topological polar surface area (TPSA) is 271 Å². The van der Waals surface area contributed by atoms with Gasteiger partial charge in [-0.25, -0.2) is 49.8 Å². The summed E-state index contributed by atoms with van der Waals surface area (Å²) in [6.07, 6.45) is 32.6. The van der Waals surface area contributed by atoms with Gasteiger partial charge in [0.1, 0.15) is 49.6 Å². The molecule has 0 N–H and O–H groups in total. The second kappa shape index (κ2) is 100. The van der Waals surface area contributed by atoms with Gasteiger partial charge >= 0.3 is 0 Å². The minimum atomic E-state index is 0.711. The Morgan fingerprint density at radius 2 is 0.642 bits per heavy atom. The second-order valence-electron chi connectivity index (χ2n) is 14.3. The number of hydrogen-bond acceptors (Lipinski definition) is 21. The summed E-state index contributed by atoms with van der Waals surface area (Å²) in [6.45, 7) is 61.2. The molecule has 0 saturated heterocycles. The molecule has 0 amide bonds. The summed E-state index contributed by atoms with van der Waals surface area (Å²) in [5, 5.41) is 31.3. The molecule has 21 heteroatoms. The van der Waals surface area contributed by atoms with Crippen molar-refractivity contribution < 1.29 is 0 Å². The lowest BCUT2D eigenvalue weighted by Crippen LogP contribution is -1.85. The van der Waals surface area contributed by atoms with Crippen LogP contribution in [0.3, 0.4) is 0 Å². The number of hydrogen-bond donors (Lipinski definition) is 0. The molecule has 0 aliphatic rings. The lowest BCUT2D eigenvalue weighted by Gasteiger charge is -1.92. The molecular formula is C74H125N21. The number of pyridine rings is 1. The first-order valence-electron chi connectivity index (χ1n) is 33.1. The summed E-state index contributed by atoms with van der Waals surface area (Å²) < 4.78 is 0. The first-order chi connectivity index (χ1) is 46.5. The van der Waals surface area contributed by atoms with Gasteiger partial charge in [-0.05, 0) is 114 Å². The van der Waals surface area contributed by atoms with Crippen molar-refractivity contribution >= 4 is 10.8 Å². The van der Waals surface area contributed by atoms with Gasteiger partial charge in [-0.3, -0.25) is 15.0 Å². The van der Waals surface area contributed by atoms with E-state index < -0.39 is 0 Å². The van der Waals surface area contributed by atoms with E-state index in [-0.39, 0.29) is 0 Å². The molecular weight excluding hydrogens is 1180 g/mol. The minimum absolute atomic E-state index is 0.711. The molecule has 526 valence electrons. The fraction of sp³-hybridized carbons (Fsp3) is 0.419. The highest BCUT2D eigenvalue weighted by atomic mass is 15.1. The second-order valence-corrected chi connectivity index (χ2v) is 14.3. The molecule has 0 bridgehead atoms. The zero-order chi connectivity index (χ0) is 74.8. The Hall–Kier alpha value is -9.79. The molecule has 95 heavy (non-hydrogen) atoms. The summed E-state index contributed by atoms with van der Waals surface area (Å²) in [5.41, 5.74) is 7.22. The van der Waals surface area contributed by atoms with Gasteiger partial charge in [-0.2, -0.15) is 25.5 Å². The number of benzene rings is 2. The van der Waals surface area contributed by atoms with Crippen LogP contribution in [-0.2, 0) is 0 Å². The summed E-state index contributed by atoms with van der Waals surface area (Å²) in [5.74, 6) is 1.47. The van der Waals surface area contributed by atoms with E-state index in [4.69, 9.17) is 0 Å². The lowest BCUT2D eigenvalue weighted by atomic mass is 10.1. The highest BCUT2D eigenvalue weighted by Gasteiger charge is 1.86. The van der Waals surface area contributed by atoms with Gasteiger partial charge in [0.15, 0.2) is 0 Å². The normalized spacial score (nSPS) is 7.53. The standard InChI is InChI=1S/C10H8.C6H7N.4C5H6N2.4C4H5N3.11C2H6/c1-2-6-10-8-4-3-7-9(10)5-1;1-6-2-4-7-5-3-6;1-5-2-6-4-7-3-5;1-5-4-6-2-3-7-5;1-5-2-3-6-4-7-5;1-5-2-3-6-7-4-5;1-4-6-2-5-3-7-4;1-4-2-6-7-3-5-4;1-4-2-5-3-6-7-4;1-4-5-2-3-6-7-4;11*1-2/h1-8H;2-5H,1H3;4*2-4H,1H3;4*2-3H,1H3;11*1-2H3. The largest absolute Gasteiger partial charge is 0.265 e. The molecule has 11 aromatic rings. The molecule has 11 rings (SSSR count). The summed E-state index contributed by atoms with van der Waals surface area (Å²) >= 11 is 0. The molecule has 9 heterocycles. The van der Waals surface area contributed by atoms with Crippen LogP contribution in [0, 0.1) is 62.3 Å². The van der Waals surface area contributed by atoms with Gasteiger partial charge < -0.3 is 0 Å². The van der Waals surface area contributed by atoms with E-state index in [0.29, 0.717) is 5.82 Å². The molecule has 0 saturated carbocycles. The van der Waals surface area contributed by atoms with Crippen LogP contribution >= 0.6 is 0 Å². The van der Waals surface area contributed by atoms with Crippen molar-refractivity contribution in [3.63, 3.8) is 0 Å². The Labute approximate surface area is 577 Å². The first kappa shape index (κ1) is 107. The molecule has 0 spiro atoms. The quantitative estimate of drug-likeness (QED) is 0.136. The van der Waals surface area contributed by atoms with Crippen molar-refractivity contribution in [2.75, 3.05) is 0 Å². The fourth-order valence-corrected chi connectivity index (χ4v) is 4.24. The first-order valence-corrected chi connectivity index (χ1v) is 33.1. The third-order valence-electron chi connectivity index (χ3n) is 7.79. The van der Waals surface area contributed by atoms with Gasteiger partial charge in [0.2, 0.25) is 0 Å². The molecule has 0 unspecified atom stereocenters. The smallest absolute Gasteiger partial charge is 0.147 e. The minimum Gasteiger partial charge on any atom is -0.265 e. The molecule has 9 aromatic heterocycles. The Bertz CT molecular complexity index is 2320. The number of aryl methyl sites for hydroxylation is 9. The van der Waals surface area contributed by atoms with Gasteiger partial charge in [-0.15, -0.1) is 15.3 Å². The molecule has 0 radical (unpaired) electrons. The van der Waals surface area contributed by atoms with E-state index in [0.717, 1.165) is 39.7 Å². The number of nitrogens with zero attached hydrogens (tertiary/aromatic N) is 21. The van der Waals surface area contributed by atoms with E-state index in [2.05, 4.69) is 154 Å². The Balaban J connectivity index is -0.000000102. The third kappa shape index (κ3) is 88.5. The van der Waals surface area contributed by atoms with Crippen LogP contribution in [-0.4, -0.2) is 106 Å². The average molecular weight is 1310 g/mol. The van der Waals surface area contributed by atoms with Crippen LogP contribution < -0.4 is 0 Å². The number of aromatic nitrogens is 21. The molecule has 0 fully saturated rings. The van der Waals surface area contributed by atoms with Crippen LogP contribution in [0.5, 0.6) is 0 Å². The number of fused-ring (bicyclic) bond motifs is 1. The van der Waals surface area contributed by atoms with Crippen LogP contribution in [0.1, 0.15) is 203 Å². The van der Waals surface area contributed by atoms with Crippen molar-refractivity contribution in [3.8, 4) is 0 Å². The molecule has 2 aromatic carbocycles. The SMILES string of the molecule is CC.CC.CC.CC.CC.CC.CC.CC.CC.CC.CC.Cc1ccncc1.Cc1ccncn1.Cc1ccnnc1.Cc1cnccn1.Cc1cncnc1.Cc1cncnn1.Cc1cnncn1.Cc1nccnn1.Cc1ncncn1.c1ccc2ccccc2c1. The van der Waals surface area contributed by atoms with Crippen molar-refractivity contribution in [2.45, 2.75) is 215 Å². The predicted molar refractivity (Wildman–Crippen MR) is 403 cm³/mol. The molecule has 0 aliphatic heterocycles. The van der Waals surface area contributed by atoms with Gasteiger partial charge in [0.25, 0.3) is 0 Å². The molecule has 21 nitrogen and oxygen atoms in total. The Morgan fingerprint density at radius 3 is 0.863 bits per heavy atom. The highest BCUT2D eigenvalue weighted by Crippen LogP contribution is 2.11. The summed E-state index contributed by atoms with van der Waals surface area (Å²) in [4.78, 5) is 49.2. The zero-order valence-corrected chi connectivity index (χ0v) is 64.4. The van der Waals surface area contributed by atoms with E-state index in [1.54, 1.807) is 93.7 Å². The molecule has 0 aliphatic carbocycles. The van der Waals surface area contributed by atoms with Gasteiger partial charge in [0.05, 0.1) is 41.9 Å². The average Bonchev–Trinajstić information content (AvgIpc) is 2.22. The van der Waals surface area contributed by atoms with E-state index in [1.807, 2.05) is 232 Å². The predicted octanol–water partition coefficient (Wildman–Crippen LogP) is 19.4. The molecule has 0 atom stereocenters. The highest BCUT2D eigenvalue weighted by molar-refractivity contribution is 5.82. The van der Waals surface area contributed by atoms with E-state index in [9.17, 15) is 0 Å². The van der Waals surface area contributed by atoms with Crippen LogP contribution in [0.25, 0.3) is 10.8 Å². The number of rotatable bonds is 0. The maximum Gasteiger partial charge on any atom is 0.147 e. The lowest BCUT2D eigenvalue weighted by molar-refractivity contribution is 0.907. The van der Waals surface area contributed by atoms with E-state index in [1.165, 1.54) is 54.3 Å². The van der Waals surface area contributed by atoms with Crippen LogP contribution in [0.2, 0.25) is 0 Å². The maximum atomic E-state index is 3.92. The van der Waals surface area contributed by atoms with Crippen molar-refractivity contribution in [2.24, 2.45) is 0 Å². The summed E-state index contributed by atoms with van der Waals surface area (Å²) in [6, 6.07) is 24.4. The Kier molecular flexibility index (Phi) is 113.